The molecular weight excluding hydrogens is 428 g/mol. The first-order chi connectivity index (χ1) is 16.7. The molecule has 1 N–H and O–H groups in total. The Morgan fingerprint density at radius 3 is 2.79 bits per heavy atom. The normalized spacial score (nSPS) is 20.7. The van der Waals surface area contributed by atoms with Gasteiger partial charge in [0.25, 0.3) is 0 Å². The Hall–Kier alpha value is -2.64. The van der Waals surface area contributed by atoms with Gasteiger partial charge in [0.05, 0.1) is 13.2 Å². The lowest BCUT2D eigenvalue weighted by Crippen LogP contribution is -2.42. The molecule has 0 bridgehead atoms. The first-order valence-electron chi connectivity index (χ1n) is 12.7. The van der Waals surface area contributed by atoms with Crippen molar-refractivity contribution in [2.75, 3.05) is 46.4 Å². The van der Waals surface area contributed by atoms with Crippen LogP contribution in [0.3, 0.4) is 0 Å². The zero-order valence-corrected chi connectivity index (χ0v) is 20.4. The summed E-state index contributed by atoms with van der Waals surface area (Å²) in [6.07, 6.45) is 8.41. The Morgan fingerprint density at radius 2 is 1.91 bits per heavy atom. The van der Waals surface area contributed by atoms with Crippen LogP contribution in [-0.4, -0.2) is 67.1 Å². The molecule has 0 radical (unpaired) electrons. The van der Waals surface area contributed by atoms with Crippen molar-refractivity contribution in [2.45, 2.75) is 45.1 Å². The first kappa shape index (κ1) is 24.5. The SMILES string of the molecule is CN1CCCC(CNC(=O)CN2CCCCCCOc3ccccc3Oc3ncccc3C2)C1. The second kappa shape index (κ2) is 12.7. The molecule has 4 rings (SSSR count). The van der Waals surface area contributed by atoms with E-state index in [0.717, 1.165) is 63.2 Å². The summed E-state index contributed by atoms with van der Waals surface area (Å²) in [6.45, 7) is 5.51. The summed E-state index contributed by atoms with van der Waals surface area (Å²) in [5, 5.41) is 3.19. The highest BCUT2D eigenvalue weighted by atomic mass is 16.5. The number of nitrogens with one attached hydrogen (secondary N) is 1. The van der Waals surface area contributed by atoms with Crippen molar-refractivity contribution in [1.82, 2.24) is 20.1 Å². The van der Waals surface area contributed by atoms with Crippen LogP contribution in [0.5, 0.6) is 17.4 Å². The van der Waals surface area contributed by atoms with Crippen molar-refractivity contribution in [1.29, 1.82) is 0 Å². The van der Waals surface area contributed by atoms with Crippen molar-refractivity contribution in [2.24, 2.45) is 5.92 Å². The molecule has 0 aliphatic carbocycles. The average Bonchev–Trinajstić information content (AvgIpc) is 2.84. The van der Waals surface area contributed by atoms with Crippen LogP contribution in [0.1, 0.15) is 44.1 Å². The predicted octanol–water partition coefficient (Wildman–Crippen LogP) is 4.09. The number of pyridine rings is 1. The summed E-state index contributed by atoms with van der Waals surface area (Å²) >= 11 is 0. The van der Waals surface area contributed by atoms with Gasteiger partial charge in [0.2, 0.25) is 11.8 Å². The fraction of sp³-hybridized carbons (Fsp3) is 0.556. The summed E-state index contributed by atoms with van der Waals surface area (Å²) < 4.78 is 12.2. The molecule has 0 spiro atoms. The summed E-state index contributed by atoms with van der Waals surface area (Å²) in [4.78, 5) is 21.9. The van der Waals surface area contributed by atoms with Gasteiger partial charge in [-0.3, -0.25) is 9.69 Å². The number of benzene rings is 1. The number of likely N-dealkylation sites (tertiary alicyclic amines) is 1. The van der Waals surface area contributed by atoms with E-state index in [1.165, 1.54) is 12.8 Å². The monoisotopic (exact) mass is 466 g/mol. The molecule has 1 aromatic heterocycles. The lowest BCUT2D eigenvalue weighted by atomic mass is 9.98. The van der Waals surface area contributed by atoms with Crippen LogP contribution in [0.2, 0.25) is 0 Å². The van der Waals surface area contributed by atoms with E-state index in [1.54, 1.807) is 6.20 Å². The molecule has 1 saturated heterocycles. The van der Waals surface area contributed by atoms with Crippen molar-refractivity contribution in [3.63, 3.8) is 0 Å². The van der Waals surface area contributed by atoms with Gasteiger partial charge in [-0.25, -0.2) is 4.98 Å². The third-order valence-electron chi connectivity index (χ3n) is 6.60. The molecule has 3 heterocycles. The van der Waals surface area contributed by atoms with E-state index in [0.29, 0.717) is 37.2 Å². The number of ether oxygens (including phenoxy) is 2. The van der Waals surface area contributed by atoms with E-state index >= 15 is 0 Å². The Balaban J connectivity index is 1.43. The third kappa shape index (κ3) is 7.43. The predicted molar refractivity (Wildman–Crippen MR) is 133 cm³/mol. The summed E-state index contributed by atoms with van der Waals surface area (Å²) in [6, 6.07) is 11.7. The number of carbonyl (C=O) groups excluding carboxylic acids is 1. The zero-order valence-electron chi connectivity index (χ0n) is 20.4. The molecule has 1 aromatic carbocycles. The lowest BCUT2D eigenvalue weighted by Gasteiger charge is -2.30. The van der Waals surface area contributed by atoms with Crippen LogP contribution in [0.25, 0.3) is 0 Å². The van der Waals surface area contributed by atoms with Gasteiger partial charge in [0.1, 0.15) is 0 Å². The van der Waals surface area contributed by atoms with Gasteiger partial charge < -0.3 is 19.7 Å². The maximum absolute atomic E-state index is 12.9. The summed E-state index contributed by atoms with van der Waals surface area (Å²) in [7, 11) is 2.16. The van der Waals surface area contributed by atoms with Crippen LogP contribution >= 0.6 is 0 Å². The largest absolute Gasteiger partial charge is 0.490 e. The fourth-order valence-electron chi connectivity index (χ4n) is 4.78. The minimum absolute atomic E-state index is 0.0967. The Labute approximate surface area is 203 Å². The molecule has 7 nitrogen and oxygen atoms in total. The Morgan fingerprint density at radius 1 is 1.06 bits per heavy atom. The minimum Gasteiger partial charge on any atom is -0.490 e. The molecule has 0 saturated carbocycles. The number of para-hydroxylation sites is 2. The summed E-state index contributed by atoms with van der Waals surface area (Å²) in [5.74, 6) is 2.61. The molecule has 7 heteroatoms. The molecular formula is C27H38N4O3. The highest BCUT2D eigenvalue weighted by molar-refractivity contribution is 5.78. The quantitative estimate of drug-likeness (QED) is 0.732. The lowest BCUT2D eigenvalue weighted by molar-refractivity contribution is -0.122. The second-order valence-electron chi connectivity index (χ2n) is 9.56. The van der Waals surface area contributed by atoms with Crippen LogP contribution in [0, 0.1) is 5.92 Å². The van der Waals surface area contributed by atoms with E-state index in [4.69, 9.17) is 9.47 Å². The Bertz CT molecular complexity index is 922. The molecule has 1 amide bonds. The van der Waals surface area contributed by atoms with Gasteiger partial charge in [0.15, 0.2) is 11.5 Å². The maximum Gasteiger partial charge on any atom is 0.234 e. The van der Waals surface area contributed by atoms with Crippen molar-refractivity contribution < 1.29 is 14.3 Å². The van der Waals surface area contributed by atoms with Crippen LogP contribution in [0.4, 0.5) is 0 Å². The van der Waals surface area contributed by atoms with E-state index < -0.39 is 0 Å². The number of amides is 1. The standard InChI is InChI=1S/C27H38N4O3/c1-30-15-9-10-22(19-30)18-29-26(32)21-31-16-6-2-3-7-17-33-24-12-4-5-13-25(24)34-27-23(20-31)11-8-14-28-27/h4-5,8,11-14,22H,2-3,6-7,9-10,15-21H2,1H3,(H,29,32). The topological polar surface area (TPSA) is 66.9 Å². The number of hydrogen-bond acceptors (Lipinski definition) is 6. The number of piperidine rings is 1. The number of fused-ring (bicyclic) bond motifs is 2. The molecule has 2 aromatic rings. The highest BCUT2D eigenvalue weighted by Crippen LogP contribution is 2.32. The molecule has 1 unspecified atom stereocenters. The number of nitrogens with zero attached hydrogens (tertiary/aromatic N) is 3. The molecule has 2 aliphatic heterocycles. The van der Waals surface area contributed by atoms with E-state index in [1.807, 2.05) is 36.4 Å². The van der Waals surface area contributed by atoms with E-state index in [-0.39, 0.29) is 5.91 Å². The maximum atomic E-state index is 12.9. The van der Waals surface area contributed by atoms with Crippen molar-refractivity contribution in [3.05, 3.63) is 48.2 Å². The smallest absolute Gasteiger partial charge is 0.234 e. The zero-order chi connectivity index (χ0) is 23.6. The second-order valence-corrected chi connectivity index (χ2v) is 9.56. The third-order valence-corrected chi connectivity index (χ3v) is 6.60. The van der Waals surface area contributed by atoms with Crippen LogP contribution < -0.4 is 14.8 Å². The van der Waals surface area contributed by atoms with Gasteiger partial charge in [0, 0.05) is 31.4 Å². The fourth-order valence-corrected chi connectivity index (χ4v) is 4.78. The first-order valence-corrected chi connectivity index (χ1v) is 12.7. The molecule has 184 valence electrons. The number of rotatable bonds is 4. The van der Waals surface area contributed by atoms with Crippen LogP contribution in [-0.2, 0) is 11.3 Å². The molecule has 2 aliphatic rings. The molecule has 1 fully saturated rings. The average molecular weight is 467 g/mol. The van der Waals surface area contributed by atoms with Crippen molar-refractivity contribution in [3.8, 4) is 17.4 Å². The van der Waals surface area contributed by atoms with Gasteiger partial charge >= 0.3 is 0 Å². The van der Waals surface area contributed by atoms with Gasteiger partial charge in [-0.1, -0.05) is 31.0 Å². The minimum atomic E-state index is 0.0967. The van der Waals surface area contributed by atoms with E-state index in [2.05, 4.69) is 27.1 Å². The number of aromatic nitrogens is 1. The van der Waals surface area contributed by atoms with Gasteiger partial charge in [-0.15, -0.1) is 0 Å². The molecule has 34 heavy (non-hydrogen) atoms. The Kier molecular flexibility index (Phi) is 9.16. The van der Waals surface area contributed by atoms with Gasteiger partial charge in [-0.2, -0.15) is 0 Å². The van der Waals surface area contributed by atoms with Gasteiger partial charge in [-0.05, 0) is 69.9 Å². The van der Waals surface area contributed by atoms with Crippen molar-refractivity contribution >= 4 is 5.91 Å². The number of carbonyl (C=O) groups is 1. The highest BCUT2D eigenvalue weighted by Gasteiger charge is 2.20. The molecule has 1 atom stereocenters. The van der Waals surface area contributed by atoms with Crippen LogP contribution in [0.15, 0.2) is 42.6 Å². The number of hydrogen-bond donors (Lipinski definition) is 1. The summed E-state index contributed by atoms with van der Waals surface area (Å²) in [5.41, 5.74) is 0.969. The van der Waals surface area contributed by atoms with E-state index in [9.17, 15) is 4.79 Å².